The fourth-order valence-electron chi connectivity index (χ4n) is 3.46. The normalized spacial score (nSPS) is 22.9. The number of aliphatic hydroxyl groups excluding tert-OH is 2. The molecular formula is C23H28O4S. The molecule has 1 saturated heterocycles. The lowest BCUT2D eigenvalue weighted by Crippen LogP contribution is -2.37. The van der Waals surface area contributed by atoms with Crippen LogP contribution in [0, 0.1) is 0 Å². The number of benzene rings is 2. The summed E-state index contributed by atoms with van der Waals surface area (Å²) >= 11 is 4.60. The average Bonchev–Trinajstić information content (AvgIpc) is 2.69. The Morgan fingerprint density at radius 1 is 1.18 bits per heavy atom. The molecule has 5 heteroatoms. The van der Waals surface area contributed by atoms with E-state index in [1.807, 2.05) is 37.3 Å². The van der Waals surface area contributed by atoms with Gasteiger partial charge in [-0.2, -0.15) is 0 Å². The van der Waals surface area contributed by atoms with Crippen LogP contribution in [0.1, 0.15) is 36.5 Å². The van der Waals surface area contributed by atoms with E-state index in [0.29, 0.717) is 19.4 Å². The molecule has 1 heterocycles. The van der Waals surface area contributed by atoms with Crippen molar-refractivity contribution in [3.05, 3.63) is 70.1 Å². The van der Waals surface area contributed by atoms with Gasteiger partial charge in [0, 0.05) is 17.7 Å². The Hall–Kier alpha value is -1.79. The van der Waals surface area contributed by atoms with Crippen LogP contribution in [0.15, 0.2) is 53.4 Å². The molecule has 3 rings (SSSR count). The third-order valence-corrected chi connectivity index (χ3v) is 5.24. The molecule has 0 saturated carbocycles. The van der Waals surface area contributed by atoms with Crippen molar-refractivity contribution in [2.24, 2.45) is 0 Å². The van der Waals surface area contributed by atoms with Crippen molar-refractivity contribution < 1.29 is 19.7 Å². The molecule has 1 aliphatic rings. The monoisotopic (exact) mass is 400 g/mol. The predicted molar refractivity (Wildman–Crippen MR) is 115 cm³/mol. The van der Waals surface area contributed by atoms with E-state index >= 15 is 0 Å². The van der Waals surface area contributed by atoms with Gasteiger partial charge in [0.25, 0.3) is 0 Å². The number of rotatable bonds is 7. The van der Waals surface area contributed by atoms with Gasteiger partial charge in [-0.3, -0.25) is 0 Å². The van der Waals surface area contributed by atoms with Gasteiger partial charge in [0.2, 0.25) is 0 Å². The summed E-state index contributed by atoms with van der Waals surface area (Å²) in [4.78, 5) is 0.760. The zero-order valence-corrected chi connectivity index (χ0v) is 17.0. The number of ether oxygens (including phenoxy) is 2. The first-order chi connectivity index (χ1) is 13.6. The van der Waals surface area contributed by atoms with Crippen molar-refractivity contribution in [1.82, 2.24) is 0 Å². The summed E-state index contributed by atoms with van der Waals surface area (Å²) in [7, 11) is 0. The molecule has 1 aliphatic heterocycles. The van der Waals surface area contributed by atoms with Gasteiger partial charge in [0.15, 0.2) is 0 Å². The van der Waals surface area contributed by atoms with Gasteiger partial charge in [0.05, 0.1) is 31.5 Å². The van der Waals surface area contributed by atoms with Gasteiger partial charge in [-0.25, -0.2) is 0 Å². The molecule has 1 fully saturated rings. The highest BCUT2D eigenvalue weighted by molar-refractivity contribution is 7.84. The van der Waals surface area contributed by atoms with E-state index in [1.54, 1.807) is 0 Å². The molecule has 2 aromatic carbocycles. The third kappa shape index (κ3) is 5.85. The van der Waals surface area contributed by atoms with Crippen LogP contribution in [0.25, 0.3) is 6.08 Å². The first-order valence-electron chi connectivity index (χ1n) is 9.73. The van der Waals surface area contributed by atoms with Gasteiger partial charge < -0.3 is 19.7 Å². The van der Waals surface area contributed by atoms with Crippen LogP contribution in [0.3, 0.4) is 0 Å². The average molecular weight is 401 g/mol. The fourth-order valence-corrected chi connectivity index (χ4v) is 3.78. The van der Waals surface area contributed by atoms with Gasteiger partial charge in [0.1, 0.15) is 5.75 Å². The van der Waals surface area contributed by atoms with Crippen molar-refractivity contribution in [2.45, 2.75) is 44.5 Å². The van der Waals surface area contributed by atoms with Gasteiger partial charge in [-0.1, -0.05) is 36.4 Å². The highest BCUT2D eigenvalue weighted by atomic mass is 32.1. The molecule has 2 aromatic rings. The van der Waals surface area contributed by atoms with Crippen LogP contribution in [-0.4, -0.2) is 41.7 Å². The fraction of sp³-hybridized carbons (Fsp3) is 0.391. The van der Waals surface area contributed by atoms with Crippen molar-refractivity contribution in [3.63, 3.8) is 0 Å². The zero-order chi connectivity index (χ0) is 19.9. The first-order valence-corrected chi connectivity index (χ1v) is 10.2. The Morgan fingerprint density at radius 2 is 1.96 bits per heavy atom. The summed E-state index contributed by atoms with van der Waals surface area (Å²) < 4.78 is 11.3. The minimum absolute atomic E-state index is 0.0911. The molecule has 0 radical (unpaired) electrons. The summed E-state index contributed by atoms with van der Waals surface area (Å²) in [5.74, 6) is 0.888. The second kappa shape index (κ2) is 10.1. The van der Waals surface area contributed by atoms with E-state index in [4.69, 9.17) is 9.47 Å². The van der Waals surface area contributed by atoms with Crippen LogP contribution < -0.4 is 4.74 Å². The Kier molecular flexibility index (Phi) is 7.57. The number of thiol groups is 1. The van der Waals surface area contributed by atoms with Crippen LogP contribution in [-0.2, 0) is 11.2 Å². The molecule has 4 nitrogen and oxygen atoms in total. The Morgan fingerprint density at radius 3 is 2.68 bits per heavy atom. The quantitative estimate of drug-likeness (QED) is 0.618. The maximum absolute atomic E-state index is 10.00. The smallest absolute Gasteiger partial charge is 0.119 e. The van der Waals surface area contributed by atoms with E-state index in [9.17, 15) is 10.2 Å². The second-order valence-corrected chi connectivity index (χ2v) is 7.64. The van der Waals surface area contributed by atoms with Crippen molar-refractivity contribution >= 4 is 18.7 Å². The van der Waals surface area contributed by atoms with Crippen molar-refractivity contribution in [1.29, 1.82) is 0 Å². The SMILES string of the molecule is CCOc1ccc(Cc2cccc(/C=C(\S)[C@H]3CC(O)CC(CO)O3)c2)cc1. The maximum Gasteiger partial charge on any atom is 0.119 e. The number of aliphatic hydroxyl groups is 2. The topological polar surface area (TPSA) is 58.9 Å². The highest BCUT2D eigenvalue weighted by Crippen LogP contribution is 2.28. The van der Waals surface area contributed by atoms with Gasteiger partial charge in [-0.05, 0) is 48.2 Å². The third-order valence-electron chi connectivity index (χ3n) is 4.82. The van der Waals surface area contributed by atoms with Crippen LogP contribution in [0.2, 0.25) is 0 Å². The predicted octanol–water partition coefficient (Wildman–Crippen LogP) is 3.85. The second-order valence-electron chi connectivity index (χ2n) is 7.12. The molecular weight excluding hydrogens is 372 g/mol. The van der Waals surface area contributed by atoms with E-state index in [0.717, 1.165) is 22.6 Å². The maximum atomic E-state index is 10.00. The van der Waals surface area contributed by atoms with E-state index in [-0.39, 0.29) is 18.8 Å². The lowest BCUT2D eigenvalue weighted by atomic mass is 9.99. The summed E-state index contributed by atoms with van der Waals surface area (Å²) in [5, 5.41) is 19.3. The molecule has 0 bridgehead atoms. The minimum Gasteiger partial charge on any atom is -0.494 e. The summed E-state index contributed by atoms with van der Waals surface area (Å²) in [6.07, 6.45) is 2.67. The van der Waals surface area contributed by atoms with Gasteiger partial charge in [-0.15, -0.1) is 12.6 Å². The van der Waals surface area contributed by atoms with Crippen LogP contribution in [0.5, 0.6) is 5.75 Å². The molecule has 2 unspecified atom stereocenters. The standard InChI is InChI=1S/C23H28O4S/c1-2-26-20-8-6-16(7-9-20)10-17-4-3-5-18(11-17)12-23(28)22-14-19(25)13-21(15-24)27-22/h3-9,11-12,19,21-22,24-25,28H,2,10,13-15H2,1H3/b23-12-/t19?,21?,22-/m1/s1. The molecule has 28 heavy (non-hydrogen) atoms. The van der Waals surface area contributed by atoms with E-state index in [2.05, 4.69) is 36.9 Å². The lowest BCUT2D eigenvalue weighted by Gasteiger charge is -2.32. The molecule has 0 spiro atoms. The zero-order valence-electron chi connectivity index (χ0n) is 16.1. The van der Waals surface area contributed by atoms with Crippen molar-refractivity contribution in [2.75, 3.05) is 13.2 Å². The Labute approximate surface area is 172 Å². The molecule has 0 aliphatic carbocycles. The summed E-state index contributed by atoms with van der Waals surface area (Å²) in [5.41, 5.74) is 3.47. The van der Waals surface area contributed by atoms with Crippen molar-refractivity contribution in [3.8, 4) is 5.75 Å². The molecule has 0 amide bonds. The van der Waals surface area contributed by atoms with Crippen LogP contribution in [0.4, 0.5) is 0 Å². The first kappa shape index (κ1) is 20.9. The number of hydrogen-bond donors (Lipinski definition) is 3. The Bertz CT molecular complexity index is 787. The molecule has 0 aromatic heterocycles. The van der Waals surface area contributed by atoms with E-state index in [1.165, 1.54) is 11.1 Å². The molecule has 150 valence electrons. The molecule has 2 N–H and O–H groups in total. The van der Waals surface area contributed by atoms with Gasteiger partial charge >= 0.3 is 0 Å². The largest absolute Gasteiger partial charge is 0.494 e. The van der Waals surface area contributed by atoms with Crippen LogP contribution >= 0.6 is 12.6 Å². The highest BCUT2D eigenvalue weighted by Gasteiger charge is 2.29. The number of hydrogen-bond acceptors (Lipinski definition) is 5. The lowest BCUT2D eigenvalue weighted by molar-refractivity contribution is -0.0944. The summed E-state index contributed by atoms with van der Waals surface area (Å²) in [6, 6.07) is 16.5. The minimum atomic E-state index is -0.475. The van der Waals surface area contributed by atoms with E-state index < -0.39 is 6.10 Å². The molecule has 3 atom stereocenters. The summed E-state index contributed by atoms with van der Waals surface area (Å²) in [6.45, 7) is 2.55. The Balaban J connectivity index is 1.69.